The summed E-state index contributed by atoms with van der Waals surface area (Å²) in [5.41, 5.74) is 8.47. The summed E-state index contributed by atoms with van der Waals surface area (Å²) in [6, 6.07) is 41.5. The number of nitrogens with zero attached hydrogens (tertiary/aromatic N) is 4. The van der Waals surface area contributed by atoms with Crippen LogP contribution in [0.15, 0.2) is 131 Å². The molecular weight excluding hydrogens is 713 g/mol. The van der Waals surface area contributed by atoms with Gasteiger partial charge in [-0.15, -0.1) is 0 Å². The topological polar surface area (TPSA) is 71.1 Å². The molecule has 0 saturated heterocycles. The highest BCUT2D eigenvalue weighted by molar-refractivity contribution is 6.01. The summed E-state index contributed by atoms with van der Waals surface area (Å²) in [7, 11) is 0. The molecule has 6 heteroatoms. The number of rotatable bonds is 10. The van der Waals surface area contributed by atoms with Gasteiger partial charge in [-0.1, -0.05) is 168 Å². The van der Waals surface area contributed by atoms with E-state index in [9.17, 15) is 10.1 Å². The molecule has 0 fully saturated rings. The Morgan fingerprint density at radius 2 is 0.707 bits per heavy atom. The molecule has 7 rings (SSSR count). The maximum Gasteiger partial charge on any atom is 0.364 e. The van der Waals surface area contributed by atoms with Crippen molar-refractivity contribution in [1.82, 2.24) is 5.06 Å². The van der Waals surface area contributed by atoms with Crippen LogP contribution in [0.5, 0.6) is 0 Å². The van der Waals surface area contributed by atoms with Crippen molar-refractivity contribution in [2.24, 2.45) is 9.98 Å². The highest BCUT2D eigenvalue weighted by atomic mass is 16.5. The second kappa shape index (κ2) is 15.6. The van der Waals surface area contributed by atoms with Gasteiger partial charge in [0.2, 0.25) is 0 Å². The van der Waals surface area contributed by atoms with Crippen LogP contribution < -0.4 is 0 Å². The smallest absolute Gasteiger partial charge is 0.364 e. The van der Waals surface area contributed by atoms with Gasteiger partial charge in [-0.2, -0.15) is 0 Å². The van der Waals surface area contributed by atoms with Crippen molar-refractivity contribution in [1.29, 1.82) is 0 Å². The molecule has 0 aliphatic carbocycles. The van der Waals surface area contributed by atoms with Crippen LogP contribution in [0.1, 0.15) is 111 Å². The largest absolute Gasteiger partial charge is 0.757 e. The molecule has 5 aromatic rings. The standard InChI is InChI=1S/C52H52N4O2/c1-49(2)51(5,6)55(57)47(53-49)45-33-29-43(30-34-45)27-25-41-21-17-39(18-22-41)15-13-37-9-11-38(12-10-37)14-16-40-19-23-42(24-20-40)26-28-44-31-35-46(36-32-44)48-54-50(3,4)52(7,8)56(48)58/h9-36H,1-8H3/b15-13+,16-14+,27-25+,28-26+. The molecule has 0 N–H and O–H groups in total. The van der Waals surface area contributed by atoms with E-state index in [4.69, 9.17) is 9.98 Å². The number of hydrogen-bond acceptors (Lipinski definition) is 5. The summed E-state index contributed by atoms with van der Waals surface area (Å²) >= 11 is 0. The molecule has 58 heavy (non-hydrogen) atoms. The van der Waals surface area contributed by atoms with Gasteiger partial charge in [0.05, 0.1) is 11.1 Å². The summed E-state index contributed by atoms with van der Waals surface area (Å²) in [5.74, 6) is 0.990. The van der Waals surface area contributed by atoms with Gasteiger partial charge in [0.15, 0.2) is 11.1 Å². The Kier molecular flexibility index (Phi) is 10.8. The Bertz CT molecular complexity index is 2480. The molecule has 0 spiro atoms. The molecule has 292 valence electrons. The van der Waals surface area contributed by atoms with Gasteiger partial charge in [0.25, 0.3) is 0 Å². The zero-order valence-corrected chi connectivity index (χ0v) is 34.8. The van der Waals surface area contributed by atoms with E-state index in [1.54, 1.807) is 0 Å². The molecule has 5 aromatic carbocycles. The van der Waals surface area contributed by atoms with Crippen molar-refractivity contribution in [3.63, 3.8) is 0 Å². The van der Waals surface area contributed by atoms with Crippen molar-refractivity contribution < 1.29 is 4.76 Å². The molecule has 0 radical (unpaired) electrons. The molecular formula is C52H52N4O2. The average Bonchev–Trinajstić information content (AvgIpc) is 3.49. The van der Waals surface area contributed by atoms with E-state index in [1.807, 2.05) is 104 Å². The Morgan fingerprint density at radius 3 is 0.948 bits per heavy atom. The van der Waals surface area contributed by atoms with Gasteiger partial charge >= 0.3 is 5.84 Å². The highest BCUT2D eigenvalue weighted by Crippen LogP contribution is 2.39. The number of hydrogen-bond donors (Lipinski definition) is 0. The maximum absolute atomic E-state index is 12.9. The third-order valence-corrected chi connectivity index (χ3v) is 12.2. The van der Waals surface area contributed by atoms with E-state index in [0.717, 1.165) is 65.5 Å². The quantitative estimate of drug-likeness (QED) is 0.105. The minimum Gasteiger partial charge on any atom is -0.757 e. The molecule has 0 bridgehead atoms. The molecule has 2 aliphatic rings. The van der Waals surface area contributed by atoms with Crippen molar-refractivity contribution in [2.45, 2.75) is 77.5 Å². The molecule has 0 atom stereocenters. The molecule has 6 nitrogen and oxygen atoms in total. The normalized spacial score (nSPS) is 18.2. The highest BCUT2D eigenvalue weighted by Gasteiger charge is 2.59. The number of hydroxylamine groups is 2. The molecule has 0 unspecified atom stereocenters. The van der Waals surface area contributed by atoms with Crippen LogP contribution in [0.4, 0.5) is 0 Å². The number of aliphatic imine (C=N–C) groups is 2. The number of amidine groups is 2. The zero-order valence-electron chi connectivity index (χ0n) is 34.8. The summed E-state index contributed by atoms with van der Waals surface area (Å²) in [6.07, 6.45) is 16.9. The summed E-state index contributed by atoms with van der Waals surface area (Å²) in [4.78, 5) is 22.4. The van der Waals surface area contributed by atoms with Gasteiger partial charge in [-0.25, -0.2) is 0 Å². The van der Waals surface area contributed by atoms with Gasteiger partial charge in [0, 0.05) is 11.1 Å². The van der Waals surface area contributed by atoms with Crippen LogP contribution in [-0.2, 0) is 0 Å². The zero-order chi connectivity index (χ0) is 41.3. The number of benzene rings is 5. The van der Waals surface area contributed by atoms with Gasteiger partial charge < -0.3 is 10.3 Å². The van der Waals surface area contributed by atoms with Crippen LogP contribution in [0.25, 0.3) is 48.6 Å². The second-order valence-corrected chi connectivity index (χ2v) is 17.3. The van der Waals surface area contributed by atoms with Crippen LogP contribution in [0, 0.1) is 10.1 Å². The van der Waals surface area contributed by atoms with Crippen molar-refractivity contribution >= 4 is 60.3 Å². The third kappa shape index (κ3) is 8.25. The van der Waals surface area contributed by atoms with E-state index in [0.29, 0.717) is 11.7 Å². The molecule has 0 saturated carbocycles. The van der Waals surface area contributed by atoms with Crippen LogP contribution >= 0.6 is 0 Å². The fourth-order valence-electron chi connectivity index (χ4n) is 6.70. The van der Waals surface area contributed by atoms with Crippen LogP contribution in [0.2, 0.25) is 0 Å². The van der Waals surface area contributed by atoms with E-state index in [-0.39, 0.29) is 0 Å². The second-order valence-electron chi connectivity index (χ2n) is 17.3. The molecule has 2 aliphatic heterocycles. The lowest BCUT2D eigenvalue weighted by Crippen LogP contribution is -2.50. The lowest BCUT2D eigenvalue weighted by atomic mass is 9.84. The maximum atomic E-state index is 12.9. The predicted molar refractivity (Wildman–Crippen MR) is 246 cm³/mol. The Labute approximate surface area is 343 Å². The van der Waals surface area contributed by atoms with Crippen molar-refractivity contribution in [2.75, 3.05) is 0 Å². The fraction of sp³-hybridized carbons (Fsp3) is 0.231. The monoisotopic (exact) mass is 764 g/mol. The first-order valence-electron chi connectivity index (χ1n) is 19.9. The molecule has 0 aromatic heterocycles. The lowest BCUT2D eigenvalue weighted by Gasteiger charge is -2.45. The Balaban J connectivity index is 0.888. The molecule has 2 heterocycles. The van der Waals surface area contributed by atoms with E-state index in [2.05, 4.69) is 121 Å². The minimum atomic E-state index is -0.592. The molecule has 0 amide bonds. The van der Waals surface area contributed by atoms with Gasteiger partial charge in [-0.3, -0.25) is 4.99 Å². The first-order chi connectivity index (χ1) is 27.5. The minimum absolute atomic E-state index is 0.452. The Morgan fingerprint density at radius 1 is 0.431 bits per heavy atom. The predicted octanol–water partition coefficient (Wildman–Crippen LogP) is 12.6. The van der Waals surface area contributed by atoms with Crippen LogP contribution in [-0.4, -0.2) is 43.7 Å². The van der Waals surface area contributed by atoms with E-state index < -0.39 is 22.2 Å². The summed E-state index contributed by atoms with van der Waals surface area (Å²) in [5, 5.41) is 14.0. The van der Waals surface area contributed by atoms with Gasteiger partial charge in [0.1, 0.15) is 5.84 Å². The number of nitroso groups, excluding NO2 is 1. The van der Waals surface area contributed by atoms with Crippen molar-refractivity contribution in [3.05, 3.63) is 187 Å². The van der Waals surface area contributed by atoms with E-state index >= 15 is 0 Å². The fourth-order valence-corrected chi connectivity index (χ4v) is 6.70. The Hall–Kier alpha value is -6.24. The first kappa shape index (κ1) is 40.0. The third-order valence-electron chi connectivity index (χ3n) is 12.2. The van der Waals surface area contributed by atoms with E-state index in [1.165, 1.54) is 0 Å². The lowest BCUT2D eigenvalue weighted by molar-refractivity contribution is -0.514. The first-order valence-corrected chi connectivity index (χ1v) is 19.9. The summed E-state index contributed by atoms with van der Waals surface area (Å²) in [6.45, 7) is 15.8. The van der Waals surface area contributed by atoms with Gasteiger partial charge in [-0.05, 0) is 117 Å². The van der Waals surface area contributed by atoms with Crippen molar-refractivity contribution in [3.8, 4) is 0 Å². The average molecular weight is 765 g/mol. The summed E-state index contributed by atoms with van der Waals surface area (Å²) < 4.78 is 1.05. The SMILES string of the molecule is CC1(C)N=C(c2ccc(/C=C/c3ccc(/C=C/c4ccc(/C=C/c5ccc(/C=C/c6ccc(C7=NC(C)(C)C(C)(C)[N+]7=O)cc6)cc5)cc4)cc3)cc2)N([O-])C1(C)C. The van der Waals surface area contributed by atoms with Crippen LogP contribution in [0.3, 0.4) is 0 Å².